The molecule has 1 aromatic rings. The van der Waals surface area contributed by atoms with E-state index in [0.717, 1.165) is 20.1 Å². The highest BCUT2D eigenvalue weighted by Gasteiger charge is 2.23. The van der Waals surface area contributed by atoms with Crippen LogP contribution >= 0.6 is 55.1 Å². The molecule has 1 rings (SSSR count). The summed E-state index contributed by atoms with van der Waals surface area (Å²) in [5.41, 5.74) is 1.80. The summed E-state index contributed by atoms with van der Waals surface area (Å²) in [6.07, 6.45) is 3.00. The second-order valence-electron chi connectivity index (χ2n) is 5.07. The fourth-order valence-electron chi connectivity index (χ4n) is 2.42. The van der Waals surface area contributed by atoms with E-state index in [1.807, 2.05) is 0 Å². The van der Waals surface area contributed by atoms with Crippen LogP contribution in [0.5, 0.6) is 11.5 Å². The first-order valence-corrected chi connectivity index (χ1v) is 9.65. The highest BCUT2D eigenvalue weighted by atomic mass is 79.9. The zero-order valence-electron chi connectivity index (χ0n) is 13.4. The lowest BCUT2D eigenvalue weighted by atomic mass is 10.0. The molecule has 0 saturated carbocycles. The molecule has 0 atom stereocenters. The van der Waals surface area contributed by atoms with Gasteiger partial charge >= 0.3 is 0 Å². The quantitative estimate of drug-likeness (QED) is 0.400. The molecule has 4 nitrogen and oxygen atoms in total. The van der Waals surface area contributed by atoms with Crippen LogP contribution in [0, 0.1) is 0 Å². The van der Waals surface area contributed by atoms with E-state index in [-0.39, 0.29) is 23.3 Å². The van der Waals surface area contributed by atoms with Gasteiger partial charge in [-0.2, -0.15) is 0 Å². The minimum Gasteiger partial charge on any atom is -0.495 e. The molecule has 8 heteroatoms. The van der Waals surface area contributed by atoms with Crippen molar-refractivity contribution in [3.63, 3.8) is 0 Å². The number of halogens is 4. The van der Waals surface area contributed by atoms with Crippen LogP contribution in [0.3, 0.4) is 0 Å². The van der Waals surface area contributed by atoms with Gasteiger partial charge in [0.25, 0.3) is 0 Å². The van der Waals surface area contributed by atoms with Crippen molar-refractivity contribution < 1.29 is 19.1 Å². The highest BCUT2D eigenvalue weighted by molar-refractivity contribution is 9.11. The summed E-state index contributed by atoms with van der Waals surface area (Å²) >= 11 is 17.9. The first-order valence-electron chi connectivity index (χ1n) is 7.30. The lowest BCUT2D eigenvalue weighted by Gasteiger charge is -2.20. The molecule has 0 amide bonds. The molecule has 0 aliphatic carbocycles. The van der Waals surface area contributed by atoms with E-state index in [1.54, 1.807) is 14.2 Å². The first-order chi connectivity index (χ1) is 11.3. The molecule has 0 aliphatic heterocycles. The molecule has 0 heterocycles. The first kappa shape index (κ1) is 21.7. The van der Waals surface area contributed by atoms with Gasteiger partial charge in [-0.25, -0.2) is 0 Å². The molecule has 0 spiro atoms. The maximum Gasteiger partial charge on any atom is 0.221 e. The SMILES string of the molecule is COc1c(Br)c(CCCC(=O)Cl)c(OC)c(Br)c1CCCC(=O)Cl. The van der Waals surface area contributed by atoms with Crippen LogP contribution in [-0.2, 0) is 22.4 Å². The number of ether oxygens (including phenoxy) is 2. The van der Waals surface area contributed by atoms with Crippen molar-refractivity contribution >= 4 is 65.5 Å². The third-order valence-corrected chi connectivity index (χ3v) is 5.54. The molecule has 134 valence electrons. The number of methoxy groups -OCH3 is 2. The largest absolute Gasteiger partial charge is 0.495 e. The Morgan fingerprint density at radius 2 is 1.17 bits per heavy atom. The van der Waals surface area contributed by atoms with Crippen LogP contribution in [0.2, 0.25) is 0 Å². The summed E-state index contributed by atoms with van der Waals surface area (Å²) in [6, 6.07) is 0. The fourth-order valence-corrected chi connectivity index (χ4v) is 4.25. The van der Waals surface area contributed by atoms with Crippen LogP contribution in [-0.4, -0.2) is 24.7 Å². The number of rotatable bonds is 10. The molecule has 24 heavy (non-hydrogen) atoms. The van der Waals surface area contributed by atoms with E-state index in [0.29, 0.717) is 37.2 Å². The molecule has 0 saturated heterocycles. The van der Waals surface area contributed by atoms with Gasteiger partial charge in [0, 0.05) is 24.0 Å². The Bertz CT molecular complexity index is 567. The molecule has 0 radical (unpaired) electrons. The molecule has 0 aromatic heterocycles. The average Bonchev–Trinajstić information content (AvgIpc) is 2.51. The Balaban J connectivity index is 3.20. The van der Waals surface area contributed by atoms with Crippen LogP contribution in [0.25, 0.3) is 0 Å². The Morgan fingerprint density at radius 3 is 1.42 bits per heavy atom. The fraction of sp³-hybridized carbons (Fsp3) is 0.500. The van der Waals surface area contributed by atoms with Crippen molar-refractivity contribution in [1.29, 1.82) is 0 Å². The molecular weight excluding hydrogens is 487 g/mol. The van der Waals surface area contributed by atoms with Crippen LogP contribution in [0.1, 0.15) is 36.8 Å². The van der Waals surface area contributed by atoms with Gasteiger partial charge in [-0.15, -0.1) is 0 Å². The average molecular weight is 505 g/mol. The van der Waals surface area contributed by atoms with Gasteiger partial charge in [0.05, 0.1) is 23.2 Å². The van der Waals surface area contributed by atoms with E-state index >= 15 is 0 Å². The minimum absolute atomic E-state index is 0.288. The maximum atomic E-state index is 10.9. The van der Waals surface area contributed by atoms with Gasteiger partial charge in [0.15, 0.2) is 0 Å². The summed E-state index contributed by atoms with van der Waals surface area (Å²) in [6.45, 7) is 0. The summed E-state index contributed by atoms with van der Waals surface area (Å²) in [5, 5.41) is -0.725. The number of benzene rings is 1. The van der Waals surface area contributed by atoms with Gasteiger partial charge in [0.1, 0.15) is 11.5 Å². The van der Waals surface area contributed by atoms with Crippen molar-refractivity contribution in [1.82, 2.24) is 0 Å². The second kappa shape index (κ2) is 10.6. The zero-order valence-corrected chi connectivity index (χ0v) is 18.1. The Hall–Kier alpha value is -0.300. The predicted octanol–water partition coefficient (Wildman–Crippen LogP) is 5.41. The summed E-state index contributed by atoms with van der Waals surface area (Å²) in [7, 11) is 3.17. The van der Waals surface area contributed by atoms with Crippen molar-refractivity contribution in [2.45, 2.75) is 38.5 Å². The van der Waals surface area contributed by atoms with Gasteiger partial charge in [-0.3, -0.25) is 9.59 Å². The number of hydrogen-bond donors (Lipinski definition) is 0. The minimum atomic E-state index is -0.363. The monoisotopic (exact) mass is 502 g/mol. The lowest BCUT2D eigenvalue weighted by molar-refractivity contribution is -0.112. The maximum absolute atomic E-state index is 10.9. The Labute approximate surface area is 168 Å². The molecule has 0 N–H and O–H groups in total. The molecule has 0 bridgehead atoms. The number of carbonyl (C=O) groups excluding carboxylic acids is 2. The third-order valence-electron chi connectivity index (χ3n) is 3.49. The smallest absolute Gasteiger partial charge is 0.221 e. The van der Waals surface area contributed by atoms with Crippen LogP contribution < -0.4 is 9.47 Å². The summed E-state index contributed by atoms with van der Waals surface area (Å²) < 4.78 is 12.6. The number of hydrogen-bond acceptors (Lipinski definition) is 4. The van der Waals surface area contributed by atoms with Crippen molar-refractivity contribution in [3.8, 4) is 11.5 Å². The van der Waals surface area contributed by atoms with E-state index < -0.39 is 0 Å². The third kappa shape index (κ3) is 5.90. The van der Waals surface area contributed by atoms with Crippen molar-refractivity contribution in [3.05, 3.63) is 20.1 Å². The van der Waals surface area contributed by atoms with Crippen LogP contribution in [0.15, 0.2) is 8.95 Å². The highest BCUT2D eigenvalue weighted by Crippen LogP contribution is 2.46. The molecule has 0 fully saturated rings. The lowest BCUT2D eigenvalue weighted by Crippen LogP contribution is -2.04. The Kier molecular flexibility index (Phi) is 9.64. The molecule has 0 unspecified atom stereocenters. The van der Waals surface area contributed by atoms with E-state index in [1.165, 1.54) is 0 Å². The predicted molar refractivity (Wildman–Crippen MR) is 103 cm³/mol. The van der Waals surface area contributed by atoms with Gasteiger partial charge in [0.2, 0.25) is 10.5 Å². The van der Waals surface area contributed by atoms with E-state index in [4.69, 9.17) is 32.7 Å². The van der Waals surface area contributed by atoms with E-state index in [2.05, 4.69) is 31.9 Å². The summed E-state index contributed by atoms with van der Waals surface area (Å²) in [4.78, 5) is 21.9. The van der Waals surface area contributed by atoms with E-state index in [9.17, 15) is 9.59 Å². The molecule has 1 aromatic carbocycles. The number of carbonyl (C=O) groups is 2. The van der Waals surface area contributed by atoms with Gasteiger partial charge in [-0.1, -0.05) is 0 Å². The standard InChI is InChI=1S/C16H18Br2Cl2O4/c1-23-15-9(5-3-7-11(19)21)14(18)16(24-2)10(13(15)17)6-4-8-12(20)22/h3-8H2,1-2H3. The van der Waals surface area contributed by atoms with Crippen LogP contribution in [0.4, 0.5) is 0 Å². The van der Waals surface area contributed by atoms with Gasteiger partial charge < -0.3 is 9.47 Å². The molecular formula is C16H18Br2Cl2O4. The topological polar surface area (TPSA) is 52.6 Å². The second-order valence-corrected chi connectivity index (χ2v) is 7.50. The summed E-state index contributed by atoms with van der Waals surface area (Å²) in [5.74, 6) is 1.36. The zero-order chi connectivity index (χ0) is 18.3. The van der Waals surface area contributed by atoms with Crippen molar-refractivity contribution in [2.24, 2.45) is 0 Å². The normalized spacial score (nSPS) is 10.6. The molecule has 0 aliphatic rings. The Morgan fingerprint density at radius 1 is 0.833 bits per heavy atom. The van der Waals surface area contributed by atoms with Crippen molar-refractivity contribution in [2.75, 3.05) is 14.2 Å². The van der Waals surface area contributed by atoms with Gasteiger partial charge in [-0.05, 0) is 80.7 Å².